The fourth-order valence-electron chi connectivity index (χ4n) is 2.36. The summed E-state index contributed by atoms with van der Waals surface area (Å²) < 4.78 is 0. The Balaban J connectivity index is 1.78. The van der Waals surface area contributed by atoms with Crippen LogP contribution in [0.3, 0.4) is 0 Å². The first-order valence-corrected chi connectivity index (χ1v) is 7.32. The molecule has 0 heterocycles. The lowest BCUT2D eigenvalue weighted by molar-refractivity contribution is 0.412. The van der Waals surface area contributed by atoms with Crippen LogP contribution in [0.4, 0.5) is 0 Å². The zero-order valence-electron chi connectivity index (χ0n) is 11.4. The van der Waals surface area contributed by atoms with Crippen molar-refractivity contribution in [3.05, 3.63) is 35.4 Å². The minimum Gasteiger partial charge on any atom is -0.359 e. The van der Waals surface area contributed by atoms with Gasteiger partial charge in [0.1, 0.15) is 0 Å². The summed E-state index contributed by atoms with van der Waals surface area (Å²) in [6.45, 7) is 2.07. The number of nitrogens with zero attached hydrogens (tertiary/aromatic N) is 1. The predicted octanol–water partition coefficient (Wildman–Crippen LogP) is 3.13. The Kier molecular flexibility index (Phi) is 5.33. The monoisotopic (exact) mass is 275 g/mol. The number of benzene rings is 1. The smallest absolute Gasteiger partial charge is 0.187 e. The van der Waals surface area contributed by atoms with E-state index in [0.29, 0.717) is 11.2 Å². The molecule has 0 spiro atoms. The molecule has 1 aromatic carbocycles. The van der Waals surface area contributed by atoms with Crippen molar-refractivity contribution in [3.63, 3.8) is 0 Å². The average molecular weight is 275 g/mol. The van der Waals surface area contributed by atoms with E-state index in [-0.39, 0.29) is 0 Å². The van der Waals surface area contributed by atoms with Crippen LogP contribution < -0.4 is 10.7 Å². The number of rotatable bonds is 3. The van der Waals surface area contributed by atoms with E-state index in [4.69, 9.17) is 12.2 Å². The molecular weight excluding hydrogens is 254 g/mol. The van der Waals surface area contributed by atoms with E-state index >= 15 is 0 Å². The number of hydrazone groups is 1. The average Bonchev–Trinajstić information content (AvgIpc) is 2.42. The van der Waals surface area contributed by atoms with E-state index in [1.165, 1.54) is 37.7 Å². The number of hydrogen-bond acceptors (Lipinski definition) is 2. The zero-order chi connectivity index (χ0) is 13.5. The van der Waals surface area contributed by atoms with Crippen molar-refractivity contribution in [2.45, 2.75) is 45.1 Å². The van der Waals surface area contributed by atoms with Gasteiger partial charge in [-0.15, -0.1) is 0 Å². The second kappa shape index (κ2) is 7.24. The molecule has 0 saturated heterocycles. The Hall–Kier alpha value is -1.42. The van der Waals surface area contributed by atoms with E-state index in [1.54, 1.807) is 0 Å². The molecule has 19 heavy (non-hydrogen) atoms. The van der Waals surface area contributed by atoms with Crippen molar-refractivity contribution < 1.29 is 0 Å². The number of hydrogen-bond donors (Lipinski definition) is 2. The summed E-state index contributed by atoms with van der Waals surface area (Å²) in [6, 6.07) is 8.66. The molecule has 0 aromatic heterocycles. The highest BCUT2D eigenvalue weighted by molar-refractivity contribution is 7.80. The van der Waals surface area contributed by atoms with Gasteiger partial charge in [0.05, 0.1) is 6.21 Å². The molecule has 0 radical (unpaired) electrons. The first-order chi connectivity index (χ1) is 9.25. The zero-order valence-corrected chi connectivity index (χ0v) is 12.2. The van der Waals surface area contributed by atoms with Crippen molar-refractivity contribution in [3.8, 4) is 0 Å². The Morgan fingerprint density at radius 2 is 2.00 bits per heavy atom. The molecule has 0 aliphatic heterocycles. The maximum Gasteiger partial charge on any atom is 0.187 e. The summed E-state index contributed by atoms with van der Waals surface area (Å²) in [5.74, 6) is 0. The first-order valence-electron chi connectivity index (χ1n) is 6.91. The molecule has 102 valence electrons. The van der Waals surface area contributed by atoms with Crippen LogP contribution in [0.15, 0.2) is 29.4 Å². The highest BCUT2D eigenvalue weighted by atomic mass is 32.1. The molecule has 1 aliphatic carbocycles. The lowest BCUT2D eigenvalue weighted by atomic mass is 9.96. The van der Waals surface area contributed by atoms with Gasteiger partial charge in [-0.25, -0.2) is 0 Å². The van der Waals surface area contributed by atoms with Crippen molar-refractivity contribution in [2.24, 2.45) is 5.10 Å². The molecule has 0 bridgehead atoms. The van der Waals surface area contributed by atoms with E-state index in [1.807, 2.05) is 24.4 Å². The quantitative estimate of drug-likeness (QED) is 0.505. The van der Waals surface area contributed by atoms with Crippen LogP contribution in [0.25, 0.3) is 0 Å². The number of nitrogens with one attached hydrogen (secondary N) is 2. The third-order valence-corrected chi connectivity index (χ3v) is 3.71. The fraction of sp³-hybridized carbons (Fsp3) is 0.467. The van der Waals surface area contributed by atoms with Crippen molar-refractivity contribution >= 4 is 23.5 Å². The summed E-state index contributed by atoms with van der Waals surface area (Å²) in [4.78, 5) is 0. The SMILES string of the molecule is Cc1ccccc1/C=N/NC(=S)NC1CCCCC1. The van der Waals surface area contributed by atoms with Gasteiger partial charge in [0, 0.05) is 6.04 Å². The maximum atomic E-state index is 5.25. The molecular formula is C15H21N3S. The molecule has 1 aromatic rings. The summed E-state index contributed by atoms with van der Waals surface area (Å²) in [6.07, 6.45) is 8.18. The number of aryl methyl sites for hydroxylation is 1. The second-order valence-electron chi connectivity index (χ2n) is 5.03. The lowest BCUT2D eigenvalue weighted by Crippen LogP contribution is -2.40. The van der Waals surface area contributed by atoms with Crippen LogP contribution in [0.2, 0.25) is 0 Å². The standard InChI is InChI=1S/C15H21N3S/c1-12-7-5-6-8-13(12)11-16-18-15(19)17-14-9-3-2-4-10-14/h5-8,11,14H,2-4,9-10H2,1H3,(H2,17,18,19)/b16-11+. The molecule has 1 saturated carbocycles. The summed E-state index contributed by atoms with van der Waals surface area (Å²) >= 11 is 5.25. The third kappa shape index (κ3) is 4.63. The Morgan fingerprint density at radius 1 is 1.26 bits per heavy atom. The van der Waals surface area contributed by atoms with Gasteiger partial charge in [0.2, 0.25) is 0 Å². The van der Waals surface area contributed by atoms with Crippen LogP contribution in [-0.4, -0.2) is 17.4 Å². The molecule has 0 atom stereocenters. The molecule has 2 N–H and O–H groups in total. The van der Waals surface area contributed by atoms with Crippen LogP contribution >= 0.6 is 12.2 Å². The minimum atomic E-state index is 0.516. The van der Waals surface area contributed by atoms with Gasteiger partial charge in [0.25, 0.3) is 0 Å². The van der Waals surface area contributed by atoms with Crippen molar-refractivity contribution in [1.29, 1.82) is 0 Å². The van der Waals surface area contributed by atoms with Crippen LogP contribution in [0, 0.1) is 6.92 Å². The molecule has 0 unspecified atom stereocenters. The summed E-state index contributed by atoms with van der Waals surface area (Å²) in [5.41, 5.74) is 5.21. The summed E-state index contributed by atoms with van der Waals surface area (Å²) in [7, 11) is 0. The molecule has 0 amide bonds. The first kappa shape index (κ1) is 14.0. The van der Waals surface area contributed by atoms with Gasteiger partial charge >= 0.3 is 0 Å². The highest BCUT2D eigenvalue weighted by Gasteiger charge is 2.13. The maximum absolute atomic E-state index is 5.25. The fourth-order valence-corrected chi connectivity index (χ4v) is 2.58. The van der Waals surface area contributed by atoms with Gasteiger partial charge in [-0.3, -0.25) is 5.43 Å². The van der Waals surface area contributed by atoms with Crippen LogP contribution in [-0.2, 0) is 0 Å². The topological polar surface area (TPSA) is 36.4 Å². The second-order valence-corrected chi connectivity index (χ2v) is 5.44. The minimum absolute atomic E-state index is 0.516. The van der Waals surface area contributed by atoms with Gasteiger partial charge in [-0.1, -0.05) is 43.5 Å². The van der Waals surface area contributed by atoms with E-state index < -0.39 is 0 Å². The van der Waals surface area contributed by atoms with E-state index in [2.05, 4.69) is 28.8 Å². The van der Waals surface area contributed by atoms with Gasteiger partial charge < -0.3 is 5.32 Å². The summed E-state index contributed by atoms with van der Waals surface area (Å²) in [5, 5.41) is 8.14. The molecule has 3 nitrogen and oxygen atoms in total. The molecule has 1 fully saturated rings. The Bertz CT molecular complexity index is 450. The normalized spacial score (nSPS) is 16.5. The molecule has 2 rings (SSSR count). The number of thiocarbonyl (C=S) groups is 1. The van der Waals surface area contributed by atoms with E-state index in [0.717, 1.165) is 5.56 Å². The van der Waals surface area contributed by atoms with Crippen LogP contribution in [0.1, 0.15) is 43.2 Å². The molecule has 1 aliphatic rings. The van der Waals surface area contributed by atoms with Crippen molar-refractivity contribution in [1.82, 2.24) is 10.7 Å². The predicted molar refractivity (Wildman–Crippen MR) is 84.5 cm³/mol. The highest BCUT2D eigenvalue weighted by Crippen LogP contribution is 2.17. The Morgan fingerprint density at radius 3 is 2.74 bits per heavy atom. The largest absolute Gasteiger partial charge is 0.359 e. The van der Waals surface area contributed by atoms with Gasteiger partial charge in [-0.05, 0) is 43.1 Å². The lowest BCUT2D eigenvalue weighted by Gasteiger charge is -2.23. The molecule has 4 heteroatoms. The van der Waals surface area contributed by atoms with Crippen molar-refractivity contribution in [2.75, 3.05) is 0 Å². The van der Waals surface area contributed by atoms with Gasteiger partial charge in [-0.2, -0.15) is 5.10 Å². The van der Waals surface area contributed by atoms with Gasteiger partial charge in [0.15, 0.2) is 5.11 Å². The third-order valence-electron chi connectivity index (χ3n) is 3.50. The van der Waals surface area contributed by atoms with E-state index in [9.17, 15) is 0 Å². The Labute approximate surface area is 120 Å². The van der Waals surface area contributed by atoms with Crippen LogP contribution in [0.5, 0.6) is 0 Å².